The topological polar surface area (TPSA) is 66.5 Å². The lowest BCUT2D eigenvalue weighted by molar-refractivity contribution is -0.115. The number of thioether (sulfide) groups is 1. The highest BCUT2D eigenvalue weighted by atomic mass is 32.2. The van der Waals surface area contributed by atoms with Crippen molar-refractivity contribution in [2.75, 3.05) is 10.2 Å². The molecule has 1 heterocycles. The van der Waals surface area contributed by atoms with E-state index in [0.717, 1.165) is 9.80 Å². The van der Waals surface area contributed by atoms with E-state index in [4.69, 9.17) is 0 Å². The van der Waals surface area contributed by atoms with Gasteiger partial charge in [0.2, 0.25) is 5.91 Å². The summed E-state index contributed by atoms with van der Waals surface area (Å²) in [5.41, 5.74) is 1.74. The van der Waals surface area contributed by atoms with Gasteiger partial charge in [0.25, 0.3) is 11.8 Å². The number of rotatable bonds is 5. The van der Waals surface area contributed by atoms with Crippen LogP contribution in [0.3, 0.4) is 0 Å². The zero-order valence-corrected chi connectivity index (χ0v) is 16.5. The van der Waals surface area contributed by atoms with E-state index in [1.165, 1.54) is 11.8 Å². The van der Waals surface area contributed by atoms with Crippen LogP contribution in [-0.2, 0) is 4.79 Å². The summed E-state index contributed by atoms with van der Waals surface area (Å²) < 4.78 is 0. The molecule has 3 aromatic carbocycles. The second-order valence-electron chi connectivity index (χ2n) is 6.60. The number of carbonyl (C=O) groups is 3. The fourth-order valence-electron chi connectivity index (χ4n) is 3.15. The van der Waals surface area contributed by atoms with E-state index in [1.54, 1.807) is 48.5 Å². The van der Waals surface area contributed by atoms with Crippen molar-refractivity contribution < 1.29 is 14.4 Å². The molecule has 3 amide bonds. The molecule has 1 N–H and O–H groups in total. The van der Waals surface area contributed by atoms with Gasteiger partial charge < -0.3 is 5.32 Å². The zero-order chi connectivity index (χ0) is 20.4. The average Bonchev–Trinajstić information content (AvgIpc) is 2.99. The van der Waals surface area contributed by atoms with Gasteiger partial charge in [0, 0.05) is 10.6 Å². The number of nitrogens with zero attached hydrogens (tertiary/aromatic N) is 1. The molecule has 1 aliphatic heterocycles. The monoisotopic (exact) mass is 402 g/mol. The Morgan fingerprint density at radius 2 is 1.48 bits per heavy atom. The van der Waals surface area contributed by atoms with Gasteiger partial charge in [0.1, 0.15) is 0 Å². The third kappa shape index (κ3) is 3.79. The van der Waals surface area contributed by atoms with Gasteiger partial charge in [-0.3, -0.25) is 14.4 Å². The smallest absolute Gasteiger partial charge is 0.266 e. The SMILES string of the molecule is CC(Sc1ccccc1)C(=O)Nc1cccc(N2C(=O)c3ccccc3C2=O)c1. The molecule has 3 aromatic rings. The Labute approximate surface area is 172 Å². The minimum absolute atomic E-state index is 0.154. The van der Waals surface area contributed by atoms with Crippen molar-refractivity contribution in [1.82, 2.24) is 0 Å². The second-order valence-corrected chi connectivity index (χ2v) is 8.02. The summed E-state index contributed by atoms with van der Waals surface area (Å²) in [5, 5.41) is 2.56. The Morgan fingerprint density at radius 3 is 2.14 bits per heavy atom. The van der Waals surface area contributed by atoms with Crippen LogP contribution < -0.4 is 10.2 Å². The average molecular weight is 402 g/mol. The number of fused-ring (bicyclic) bond motifs is 1. The fourth-order valence-corrected chi connectivity index (χ4v) is 4.04. The molecule has 0 bridgehead atoms. The molecule has 5 nitrogen and oxygen atoms in total. The third-order valence-electron chi connectivity index (χ3n) is 4.59. The molecule has 4 rings (SSSR count). The third-order valence-corrected chi connectivity index (χ3v) is 5.70. The lowest BCUT2D eigenvalue weighted by Gasteiger charge is -2.16. The number of amides is 3. The highest BCUT2D eigenvalue weighted by Gasteiger charge is 2.36. The highest BCUT2D eigenvalue weighted by molar-refractivity contribution is 8.00. The molecule has 0 saturated carbocycles. The van der Waals surface area contributed by atoms with Crippen LogP contribution in [0, 0.1) is 0 Å². The predicted molar refractivity (Wildman–Crippen MR) is 114 cm³/mol. The zero-order valence-electron chi connectivity index (χ0n) is 15.7. The molecule has 1 aliphatic rings. The maximum atomic E-state index is 12.7. The molecule has 0 aromatic heterocycles. The van der Waals surface area contributed by atoms with Crippen LogP contribution >= 0.6 is 11.8 Å². The van der Waals surface area contributed by atoms with Crippen LogP contribution in [0.15, 0.2) is 83.8 Å². The number of hydrogen-bond acceptors (Lipinski definition) is 4. The summed E-state index contributed by atoms with van der Waals surface area (Å²) in [7, 11) is 0. The van der Waals surface area contributed by atoms with Crippen molar-refractivity contribution in [2.24, 2.45) is 0 Å². The lowest BCUT2D eigenvalue weighted by atomic mass is 10.1. The maximum absolute atomic E-state index is 12.7. The van der Waals surface area contributed by atoms with Gasteiger partial charge in [0.15, 0.2) is 0 Å². The molecule has 0 radical (unpaired) electrons. The summed E-state index contributed by atoms with van der Waals surface area (Å²) in [6.45, 7) is 1.83. The quantitative estimate of drug-likeness (QED) is 0.500. The summed E-state index contributed by atoms with van der Waals surface area (Å²) in [6, 6.07) is 23.2. The largest absolute Gasteiger partial charge is 0.325 e. The number of carbonyl (C=O) groups excluding carboxylic acids is 3. The minimum Gasteiger partial charge on any atom is -0.325 e. The van der Waals surface area contributed by atoms with E-state index in [2.05, 4.69) is 5.32 Å². The van der Waals surface area contributed by atoms with Crippen LogP contribution in [0.5, 0.6) is 0 Å². The van der Waals surface area contributed by atoms with Gasteiger partial charge in [-0.15, -0.1) is 11.8 Å². The van der Waals surface area contributed by atoms with Crippen LogP contribution in [0.25, 0.3) is 0 Å². The first-order chi connectivity index (χ1) is 14.0. The first kappa shape index (κ1) is 19.0. The van der Waals surface area contributed by atoms with Crippen LogP contribution in [0.4, 0.5) is 11.4 Å². The Balaban J connectivity index is 1.50. The van der Waals surface area contributed by atoms with Crippen LogP contribution in [-0.4, -0.2) is 23.0 Å². The molecule has 0 aliphatic carbocycles. The molecule has 0 fully saturated rings. The second kappa shape index (κ2) is 7.93. The van der Waals surface area contributed by atoms with Crippen molar-refractivity contribution in [3.8, 4) is 0 Å². The van der Waals surface area contributed by atoms with E-state index in [9.17, 15) is 14.4 Å². The van der Waals surface area contributed by atoms with E-state index in [0.29, 0.717) is 22.5 Å². The highest BCUT2D eigenvalue weighted by Crippen LogP contribution is 2.30. The predicted octanol–water partition coefficient (Wildman–Crippen LogP) is 4.61. The van der Waals surface area contributed by atoms with Crippen molar-refractivity contribution in [3.63, 3.8) is 0 Å². The van der Waals surface area contributed by atoms with Crippen molar-refractivity contribution in [3.05, 3.63) is 90.0 Å². The normalized spacial score (nSPS) is 13.9. The van der Waals surface area contributed by atoms with E-state index in [1.807, 2.05) is 37.3 Å². The summed E-state index contributed by atoms with van der Waals surface area (Å²) >= 11 is 1.46. The molecular weight excluding hydrogens is 384 g/mol. The number of hydrogen-bond donors (Lipinski definition) is 1. The van der Waals surface area contributed by atoms with E-state index < -0.39 is 0 Å². The maximum Gasteiger partial charge on any atom is 0.266 e. The first-order valence-corrected chi connectivity index (χ1v) is 10.0. The summed E-state index contributed by atoms with van der Waals surface area (Å²) in [5.74, 6) is -0.873. The van der Waals surface area contributed by atoms with Gasteiger partial charge in [-0.2, -0.15) is 0 Å². The molecule has 29 heavy (non-hydrogen) atoms. The van der Waals surface area contributed by atoms with Gasteiger partial charge in [0.05, 0.1) is 22.1 Å². The lowest BCUT2D eigenvalue weighted by Crippen LogP contribution is -2.29. The van der Waals surface area contributed by atoms with Gasteiger partial charge in [-0.1, -0.05) is 36.4 Å². The van der Waals surface area contributed by atoms with Crippen molar-refractivity contribution in [2.45, 2.75) is 17.1 Å². The summed E-state index contributed by atoms with van der Waals surface area (Å²) in [6.07, 6.45) is 0. The van der Waals surface area contributed by atoms with E-state index >= 15 is 0 Å². The van der Waals surface area contributed by atoms with Crippen molar-refractivity contribution in [1.29, 1.82) is 0 Å². The standard InChI is InChI=1S/C23H18N2O3S/c1-15(29-18-10-3-2-4-11-18)21(26)24-16-8-7-9-17(14-16)25-22(27)19-12-5-6-13-20(19)23(25)28/h2-15H,1H3,(H,24,26). The minimum atomic E-state index is -0.359. The van der Waals surface area contributed by atoms with Gasteiger partial charge >= 0.3 is 0 Å². The molecule has 0 spiro atoms. The molecule has 1 unspecified atom stereocenters. The number of anilines is 2. The number of imide groups is 1. The molecular formula is C23H18N2O3S. The van der Waals surface area contributed by atoms with Crippen LogP contribution in [0.1, 0.15) is 27.6 Å². The van der Waals surface area contributed by atoms with Gasteiger partial charge in [-0.05, 0) is 49.4 Å². The number of benzene rings is 3. The Morgan fingerprint density at radius 1 is 0.862 bits per heavy atom. The molecule has 6 heteroatoms. The molecule has 1 atom stereocenters. The summed E-state index contributed by atoms with van der Waals surface area (Å²) in [4.78, 5) is 40.1. The fraction of sp³-hybridized carbons (Fsp3) is 0.0870. The van der Waals surface area contributed by atoms with Crippen molar-refractivity contribution >= 4 is 40.9 Å². The van der Waals surface area contributed by atoms with Gasteiger partial charge in [-0.25, -0.2) is 4.90 Å². The molecule has 0 saturated heterocycles. The Bertz CT molecular complexity index is 1060. The van der Waals surface area contributed by atoms with E-state index in [-0.39, 0.29) is 23.0 Å². The Kier molecular flexibility index (Phi) is 5.18. The van der Waals surface area contributed by atoms with Crippen LogP contribution in [0.2, 0.25) is 0 Å². The Hall–Kier alpha value is -3.38. The number of nitrogens with one attached hydrogen (secondary N) is 1. The first-order valence-electron chi connectivity index (χ1n) is 9.15. The molecule has 144 valence electrons.